The highest BCUT2D eigenvalue weighted by Crippen LogP contribution is 1.99. The van der Waals surface area contributed by atoms with Crippen molar-refractivity contribution in [2.45, 2.75) is 39.2 Å². The number of nitrogens with zero attached hydrogens (tertiary/aromatic N) is 1. The summed E-state index contributed by atoms with van der Waals surface area (Å²) in [4.78, 5) is 12.5. The molecule has 0 aliphatic carbocycles. The van der Waals surface area contributed by atoms with E-state index >= 15 is 0 Å². The fourth-order valence-corrected chi connectivity index (χ4v) is 1.03. The summed E-state index contributed by atoms with van der Waals surface area (Å²) in [6, 6.07) is 0.247. The Kier molecular flexibility index (Phi) is 5.72. The maximum atomic E-state index is 10.8. The molecule has 0 aliphatic heterocycles. The Hall–Kier alpha value is -0.570. The Morgan fingerprint density at radius 1 is 1.50 bits per heavy atom. The lowest BCUT2D eigenvalue weighted by Crippen LogP contribution is -2.30. The van der Waals surface area contributed by atoms with Gasteiger partial charge in [0.1, 0.15) is 0 Å². The Bertz CT molecular complexity index is 136. The fraction of sp³-hybridized carbons (Fsp3) is 0.889. The van der Waals surface area contributed by atoms with Gasteiger partial charge in [-0.2, -0.15) is 0 Å². The van der Waals surface area contributed by atoms with Crippen LogP contribution in [0.25, 0.3) is 0 Å². The molecule has 3 heteroatoms. The number of carbonyl (C=O) groups excluding carboxylic acids is 1. The predicted octanol–water partition coefficient (Wildman–Crippen LogP) is 0.982. The van der Waals surface area contributed by atoms with E-state index in [0.717, 1.165) is 25.8 Å². The van der Waals surface area contributed by atoms with Gasteiger partial charge in [0.05, 0.1) is 0 Å². The Labute approximate surface area is 74.9 Å². The average Bonchev–Trinajstić information content (AvgIpc) is 2.00. The molecule has 0 heterocycles. The highest BCUT2D eigenvalue weighted by atomic mass is 16.2. The minimum atomic E-state index is 0.110. The molecule has 72 valence electrons. The molecule has 3 nitrogen and oxygen atoms in total. The average molecular weight is 172 g/mol. The summed E-state index contributed by atoms with van der Waals surface area (Å²) >= 11 is 0. The smallest absolute Gasteiger partial charge is 0.219 e. The van der Waals surface area contributed by atoms with Gasteiger partial charge in [-0.25, -0.2) is 0 Å². The van der Waals surface area contributed by atoms with Gasteiger partial charge in [-0.1, -0.05) is 13.3 Å². The maximum Gasteiger partial charge on any atom is 0.219 e. The van der Waals surface area contributed by atoms with Gasteiger partial charge in [-0.3, -0.25) is 4.79 Å². The third kappa shape index (κ3) is 5.13. The summed E-state index contributed by atoms with van der Waals surface area (Å²) in [5, 5.41) is 0. The van der Waals surface area contributed by atoms with E-state index in [0.29, 0.717) is 0 Å². The van der Waals surface area contributed by atoms with Crippen LogP contribution < -0.4 is 5.73 Å². The van der Waals surface area contributed by atoms with Crippen molar-refractivity contribution in [1.82, 2.24) is 4.90 Å². The fourth-order valence-electron chi connectivity index (χ4n) is 1.03. The number of nitrogens with two attached hydrogens (primary N) is 1. The van der Waals surface area contributed by atoms with Gasteiger partial charge in [0.2, 0.25) is 5.91 Å². The topological polar surface area (TPSA) is 46.3 Å². The molecule has 0 aromatic rings. The summed E-state index contributed by atoms with van der Waals surface area (Å²) < 4.78 is 0. The van der Waals surface area contributed by atoms with Gasteiger partial charge in [0.25, 0.3) is 0 Å². The van der Waals surface area contributed by atoms with Gasteiger partial charge in [-0.15, -0.1) is 0 Å². The molecule has 0 aliphatic rings. The summed E-state index contributed by atoms with van der Waals surface area (Å²) in [6.07, 6.45) is 3.07. The normalized spacial score (nSPS) is 12.7. The largest absolute Gasteiger partial charge is 0.346 e. The van der Waals surface area contributed by atoms with Crippen molar-refractivity contribution in [2.75, 3.05) is 13.6 Å². The SMILES string of the molecule is CCCC(N)CCN(C)C(C)=O. The number of hydrogen-bond donors (Lipinski definition) is 1. The molecule has 0 spiro atoms. The lowest BCUT2D eigenvalue weighted by Gasteiger charge is -2.17. The van der Waals surface area contributed by atoms with Crippen molar-refractivity contribution < 1.29 is 4.79 Å². The molecule has 1 atom stereocenters. The molecule has 2 N–H and O–H groups in total. The van der Waals surface area contributed by atoms with Crippen LogP contribution in [0.5, 0.6) is 0 Å². The summed E-state index contributed by atoms with van der Waals surface area (Å²) in [7, 11) is 1.81. The molecule has 0 saturated heterocycles. The molecule has 0 bridgehead atoms. The predicted molar refractivity (Wildman–Crippen MR) is 50.8 cm³/mol. The van der Waals surface area contributed by atoms with Crippen LogP contribution in [0.3, 0.4) is 0 Å². The van der Waals surface area contributed by atoms with Crippen molar-refractivity contribution in [3.05, 3.63) is 0 Å². The van der Waals surface area contributed by atoms with Crippen molar-refractivity contribution in [1.29, 1.82) is 0 Å². The highest BCUT2D eigenvalue weighted by Gasteiger charge is 2.05. The highest BCUT2D eigenvalue weighted by molar-refractivity contribution is 5.72. The maximum absolute atomic E-state index is 10.8. The zero-order valence-electron chi connectivity index (χ0n) is 8.34. The Morgan fingerprint density at radius 3 is 2.50 bits per heavy atom. The van der Waals surface area contributed by atoms with E-state index in [1.807, 2.05) is 0 Å². The van der Waals surface area contributed by atoms with Gasteiger partial charge >= 0.3 is 0 Å². The molecule has 0 fully saturated rings. The molecular formula is C9H20N2O. The molecule has 1 unspecified atom stereocenters. The van der Waals surface area contributed by atoms with Gasteiger partial charge in [0, 0.05) is 26.6 Å². The lowest BCUT2D eigenvalue weighted by atomic mass is 10.1. The third-order valence-electron chi connectivity index (χ3n) is 2.03. The van der Waals surface area contributed by atoms with E-state index in [4.69, 9.17) is 5.73 Å². The quantitative estimate of drug-likeness (QED) is 0.672. The number of hydrogen-bond acceptors (Lipinski definition) is 2. The van der Waals surface area contributed by atoms with Crippen LogP contribution in [-0.2, 0) is 4.79 Å². The van der Waals surface area contributed by atoms with Crippen molar-refractivity contribution in [3.8, 4) is 0 Å². The first-order valence-electron chi connectivity index (χ1n) is 4.55. The van der Waals surface area contributed by atoms with Crippen LogP contribution in [0.2, 0.25) is 0 Å². The summed E-state index contributed by atoms with van der Waals surface area (Å²) in [5.74, 6) is 0.110. The number of rotatable bonds is 5. The van der Waals surface area contributed by atoms with Gasteiger partial charge in [0.15, 0.2) is 0 Å². The second-order valence-electron chi connectivity index (χ2n) is 3.28. The third-order valence-corrected chi connectivity index (χ3v) is 2.03. The first-order valence-corrected chi connectivity index (χ1v) is 4.55. The van der Waals surface area contributed by atoms with Crippen LogP contribution >= 0.6 is 0 Å². The zero-order valence-corrected chi connectivity index (χ0v) is 8.34. The Morgan fingerprint density at radius 2 is 2.08 bits per heavy atom. The van der Waals surface area contributed by atoms with Crippen LogP contribution in [-0.4, -0.2) is 30.4 Å². The zero-order chi connectivity index (χ0) is 9.56. The molecule has 1 amide bonds. The van der Waals surface area contributed by atoms with E-state index in [-0.39, 0.29) is 11.9 Å². The molecule has 0 aromatic heterocycles. The minimum Gasteiger partial charge on any atom is -0.346 e. The minimum absolute atomic E-state index is 0.110. The first-order chi connectivity index (χ1) is 5.57. The molecule has 0 aromatic carbocycles. The van der Waals surface area contributed by atoms with E-state index in [9.17, 15) is 4.79 Å². The molecule has 0 saturated carbocycles. The Balaban J connectivity index is 3.46. The number of amides is 1. The van der Waals surface area contributed by atoms with E-state index in [1.54, 1.807) is 18.9 Å². The summed E-state index contributed by atoms with van der Waals surface area (Å²) in [6.45, 7) is 4.47. The van der Waals surface area contributed by atoms with E-state index in [1.165, 1.54) is 0 Å². The lowest BCUT2D eigenvalue weighted by molar-refractivity contribution is -0.127. The van der Waals surface area contributed by atoms with Crippen molar-refractivity contribution >= 4 is 5.91 Å². The standard InChI is InChI=1S/C9H20N2O/c1-4-5-9(10)6-7-11(3)8(2)12/h9H,4-7,10H2,1-3H3. The monoisotopic (exact) mass is 172 g/mol. The van der Waals surface area contributed by atoms with Crippen LogP contribution in [0.15, 0.2) is 0 Å². The molecule has 0 radical (unpaired) electrons. The van der Waals surface area contributed by atoms with Crippen LogP contribution in [0, 0.1) is 0 Å². The molecule has 0 rings (SSSR count). The van der Waals surface area contributed by atoms with Crippen molar-refractivity contribution in [3.63, 3.8) is 0 Å². The molecule has 12 heavy (non-hydrogen) atoms. The van der Waals surface area contributed by atoms with Crippen molar-refractivity contribution in [2.24, 2.45) is 5.73 Å². The van der Waals surface area contributed by atoms with Gasteiger partial charge in [-0.05, 0) is 12.8 Å². The second-order valence-corrected chi connectivity index (χ2v) is 3.28. The van der Waals surface area contributed by atoms with E-state index in [2.05, 4.69) is 6.92 Å². The van der Waals surface area contributed by atoms with E-state index < -0.39 is 0 Å². The summed E-state index contributed by atoms with van der Waals surface area (Å²) in [5.41, 5.74) is 5.79. The van der Waals surface area contributed by atoms with Crippen LogP contribution in [0.1, 0.15) is 33.1 Å². The van der Waals surface area contributed by atoms with Crippen LogP contribution in [0.4, 0.5) is 0 Å². The van der Waals surface area contributed by atoms with Gasteiger partial charge < -0.3 is 10.6 Å². The first kappa shape index (κ1) is 11.4. The molecular weight excluding hydrogens is 152 g/mol. The second kappa shape index (κ2) is 6.00. The number of carbonyl (C=O) groups is 1.